The molecule has 0 aliphatic carbocycles. The Hall–Kier alpha value is -9.60. The molecule has 0 aliphatic rings. The fourth-order valence-corrected chi connectivity index (χ4v) is 14.1. The van der Waals surface area contributed by atoms with Gasteiger partial charge < -0.3 is 9.13 Å². The van der Waals surface area contributed by atoms with E-state index in [1.165, 1.54) is 79.3 Å². The van der Waals surface area contributed by atoms with Crippen LogP contribution < -0.4 is 0 Å². The third-order valence-electron chi connectivity index (χ3n) is 15.0. The van der Waals surface area contributed by atoms with E-state index in [0.29, 0.717) is 17.5 Å². The Morgan fingerprint density at radius 2 is 0.724 bits per heavy atom. The molecule has 10 aromatic carbocycles. The van der Waals surface area contributed by atoms with Gasteiger partial charge in [-0.25, -0.2) is 15.0 Å². The molecule has 6 heterocycles. The van der Waals surface area contributed by atoms with Crippen molar-refractivity contribution in [1.82, 2.24) is 29.1 Å². The molecule has 0 bridgehead atoms. The second-order valence-electron chi connectivity index (χ2n) is 19.3. The van der Waals surface area contributed by atoms with Crippen molar-refractivity contribution in [2.75, 3.05) is 0 Å². The normalized spacial score (nSPS) is 11.9. The van der Waals surface area contributed by atoms with Gasteiger partial charge in [0, 0.05) is 113 Å². The van der Waals surface area contributed by atoms with Crippen LogP contribution >= 0.6 is 22.7 Å². The van der Waals surface area contributed by atoms with Crippen molar-refractivity contribution in [3.63, 3.8) is 0 Å². The molecule has 76 heavy (non-hydrogen) atoms. The maximum absolute atomic E-state index is 5.55. The molecule has 0 saturated carbocycles. The van der Waals surface area contributed by atoms with E-state index in [9.17, 15) is 0 Å². The van der Waals surface area contributed by atoms with Gasteiger partial charge in [-0.1, -0.05) is 170 Å². The van der Waals surface area contributed by atoms with E-state index in [1.807, 2.05) is 59.1 Å². The number of nitrogens with zero attached hydrogens (tertiary/aromatic N) is 6. The molecule has 0 saturated heterocycles. The van der Waals surface area contributed by atoms with E-state index in [-0.39, 0.29) is 0 Å². The first kappa shape index (κ1) is 42.9. The number of thiophene rings is 2. The van der Waals surface area contributed by atoms with Crippen LogP contribution in [0.4, 0.5) is 0 Å². The molecular formula is C68H40N6S2. The maximum atomic E-state index is 5.55. The summed E-state index contributed by atoms with van der Waals surface area (Å²) in [5, 5.41) is 9.78. The summed E-state index contributed by atoms with van der Waals surface area (Å²) < 4.78 is 9.63. The van der Waals surface area contributed by atoms with Gasteiger partial charge in [-0.15, -0.1) is 22.7 Å². The quantitative estimate of drug-likeness (QED) is 0.160. The Morgan fingerprint density at radius 3 is 1.25 bits per heavy atom. The second-order valence-corrected chi connectivity index (χ2v) is 21.4. The molecule has 16 aromatic rings. The summed E-state index contributed by atoms with van der Waals surface area (Å²) >= 11 is 3.66. The third-order valence-corrected chi connectivity index (χ3v) is 17.4. The Kier molecular flexibility index (Phi) is 9.57. The summed E-state index contributed by atoms with van der Waals surface area (Å²) in [6.45, 7) is 0. The number of rotatable bonds is 7. The molecule has 0 N–H and O–H groups in total. The highest BCUT2D eigenvalue weighted by molar-refractivity contribution is 7.26. The molecule has 16 rings (SSSR count). The lowest BCUT2D eigenvalue weighted by atomic mass is 9.97. The van der Waals surface area contributed by atoms with Gasteiger partial charge in [0.1, 0.15) is 0 Å². The van der Waals surface area contributed by atoms with Crippen LogP contribution in [-0.2, 0) is 0 Å². The van der Waals surface area contributed by atoms with Gasteiger partial charge in [-0.2, -0.15) is 0 Å². The first-order valence-corrected chi connectivity index (χ1v) is 27.1. The molecule has 0 amide bonds. The summed E-state index contributed by atoms with van der Waals surface area (Å²) in [4.78, 5) is 21.4. The van der Waals surface area contributed by atoms with Gasteiger partial charge in [0.15, 0.2) is 17.5 Å². The minimum absolute atomic E-state index is 0.559. The number of benzene rings is 10. The Bertz CT molecular complexity index is 4920. The van der Waals surface area contributed by atoms with Crippen LogP contribution in [0.2, 0.25) is 0 Å². The Morgan fingerprint density at radius 1 is 0.289 bits per heavy atom. The lowest BCUT2D eigenvalue weighted by Crippen LogP contribution is -2.02. The molecule has 0 spiro atoms. The van der Waals surface area contributed by atoms with Crippen molar-refractivity contribution in [1.29, 1.82) is 0 Å². The Balaban J connectivity index is 0.936. The van der Waals surface area contributed by atoms with Gasteiger partial charge in [-0.3, -0.25) is 4.98 Å². The summed E-state index contributed by atoms with van der Waals surface area (Å²) in [6.07, 6.45) is 2.05. The molecule has 0 fully saturated rings. The van der Waals surface area contributed by atoms with E-state index in [2.05, 4.69) is 216 Å². The van der Waals surface area contributed by atoms with Crippen LogP contribution in [0, 0.1) is 0 Å². The second kappa shape index (κ2) is 17.0. The maximum Gasteiger partial charge on any atom is 0.166 e. The molecule has 0 radical (unpaired) electrons. The minimum Gasteiger partial charge on any atom is -0.309 e. The van der Waals surface area contributed by atoms with Crippen molar-refractivity contribution < 1.29 is 0 Å². The van der Waals surface area contributed by atoms with E-state index in [4.69, 9.17) is 19.9 Å². The molecule has 0 aliphatic heterocycles. The highest BCUT2D eigenvalue weighted by atomic mass is 32.1. The van der Waals surface area contributed by atoms with Crippen molar-refractivity contribution in [2.24, 2.45) is 0 Å². The topological polar surface area (TPSA) is 61.4 Å². The zero-order chi connectivity index (χ0) is 49.8. The highest BCUT2D eigenvalue weighted by Gasteiger charge is 2.24. The van der Waals surface area contributed by atoms with E-state index in [1.54, 1.807) is 0 Å². The van der Waals surface area contributed by atoms with Crippen molar-refractivity contribution in [3.8, 4) is 67.9 Å². The predicted molar refractivity (Wildman–Crippen MR) is 319 cm³/mol. The van der Waals surface area contributed by atoms with Crippen molar-refractivity contribution >= 4 is 107 Å². The summed E-state index contributed by atoms with van der Waals surface area (Å²) in [6, 6.07) is 84.4. The molecule has 8 heteroatoms. The smallest absolute Gasteiger partial charge is 0.166 e. The van der Waals surface area contributed by atoms with E-state index in [0.717, 1.165) is 55.1 Å². The molecule has 6 nitrogen and oxygen atoms in total. The first-order valence-electron chi connectivity index (χ1n) is 25.4. The van der Waals surface area contributed by atoms with E-state index >= 15 is 0 Å². The number of pyridine rings is 1. The van der Waals surface area contributed by atoms with Crippen molar-refractivity contribution in [2.45, 2.75) is 0 Å². The summed E-state index contributed by atoms with van der Waals surface area (Å²) in [5.74, 6) is 1.76. The molecule has 0 unspecified atom stereocenters. The number of aromatic nitrogens is 6. The number of hydrogen-bond donors (Lipinski definition) is 0. The monoisotopic (exact) mass is 1000 g/mol. The summed E-state index contributed by atoms with van der Waals surface area (Å²) in [5.41, 5.74) is 13.6. The third kappa shape index (κ3) is 6.64. The average Bonchev–Trinajstić information content (AvgIpc) is 4.32. The van der Waals surface area contributed by atoms with Gasteiger partial charge in [0.25, 0.3) is 0 Å². The van der Waals surface area contributed by atoms with E-state index < -0.39 is 0 Å². The van der Waals surface area contributed by atoms with Crippen LogP contribution in [0.3, 0.4) is 0 Å². The lowest BCUT2D eigenvalue weighted by molar-refractivity contribution is 1.07. The van der Waals surface area contributed by atoms with Crippen LogP contribution in [0.1, 0.15) is 0 Å². The number of para-hydroxylation sites is 4. The highest BCUT2D eigenvalue weighted by Crippen LogP contribution is 2.48. The minimum atomic E-state index is 0.559. The lowest BCUT2D eigenvalue weighted by Gasteiger charge is -2.14. The molecule has 0 atom stereocenters. The fraction of sp³-hybridized carbons (Fsp3) is 0. The Labute approximate surface area is 443 Å². The number of fused-ring (bicyclic) bond motifs is 12. The van der Waals surface area contributed by atoms with Crippen LogP contribution in [-0.4, -0.2) is 29.1 Å². The van der Waals surface area contributed by atoms with Crippen LogP contribution in [0.15, 0.2) is 243 Å². The predicted octanol–water partition coefficient (Wildman–Crippen LogP) is 18.5. The van der Waals surface area contributed by atoms with Crippen molar-refractivity contribution in [3.05, 3.63) is 243 Å². The molecule has 354 valence electrons. The fourth-order valence-electron chi connectivity index (χ4n) is 11.6. The SMILES string of the molecule is c1ccc(-c2nc(-c3ccccc3)nc(-c3cc(-c4cccc5c4sc4cc6c7ccccc7n(-c7ccccc7)c6cc45)cnc3-c3cccc4c3sc3cc5c6ccccc6n(-c6ccccc6)c5cc34)n2)cc1. The zero-order valence-electron chi connectivity index (χ0n) is 40.6. The first-order chi connectivity index (χ1) is 37.7. The van der Waals surface area contributed by atoms with Crippen LogP contribution in [0.5, 0.6) is 0 Å². The largest absolute Gasteiger partial charge is 0.309 e. The average molecular weight is 1010 g/mol. The van der Waals surface area contributed by atoms with Gasteiger partial charge >= 0.3 is 0 Å². The van der Waals surface area contributed by atoms with Gasteiger partial charge in [-0.05, 0) is 66.7 Å². The van der Waals surface area contributed by atoms with Gasteiger partial charge in [0.2, 0.25) is 0 Å². The number of hydrogen-bond acceptors (Lipinski definition) is 6. The van der Waals surface area contributed by atoms with Gasteiger partial charge in [0.05, 0.1) is 27.8 Å². The molecule has 6 aromatic heterocycles. The van der Waals surface area contributed by atoms with Crippen LogP contribution in [0.25, 0.3) is 152 Å². The summed E-state index contributed by atoms with van der Waals surface area (Å²) in [7, 11) is 0. The zero-order valence-corrected chi connectivity index (χ0v) is 42.2. The molecular weight excluding hydrogens is 965 g/mol. The standard InChI is InChI=1S/C68H40N6S2/c1-5-19-41(20-6-1)66-70-67(42-21-7-2-8-22-42)72-68(71-66)56-35-43(46-29-17-30-49-54-36-59-52(38-61(54)75-64(46)49)47-27-13-15-33-57(47)73(59)44-23-9-3-10-24-44)40-69-63(56)51-32-18-31-50-55-37-60-53(39-62(55)76-65(50)51)48-28-14-16-34-58(48)74(60)45-25-11-4-12-26-45/h1-40H.